The summed E-state index contributed by atoms with van der Waals surface area (Å²) in [5.74, 6) is 0.758. The van der Waals surface area contributed by atoms with E-state index in [4.69, 9.17) is 4.74 Å². The monoisotopic (exact) mass is 298 g/mol. The molecular weight excluding hydrogens is 260 g/mol. The molecule has 0 aromatic rings. The predicted octanol–water partition coefficient (Wildman–Crippen LogP) is 3.54. The highest BCUT2D eigenvalue weighted by Gasteiger charge is 2.35. The van der Waals surface area contributed by atoms with E-state index in [0.717, 1.165) is 32.2 Å². The molecule has 3 heteroatoms. The Morgan fingerprint density at radius 1 is 1.24 bits per heavy atom. The Labute approximate surface area is 132 Å². The van der Waals surface area contributed by atoms with Crippen molar-refractivity contribution < 1.29 is 4.74 Å². The molecule has 0 aromatic carbocycles. The van der Waals surface area contributed by atoms with E-state index in [9.17, 15) is 0 Å². The zero-order valence-corrected chi connectivity index (χ0v) is 15.5. The molecule has 1 fully saturated rings. The summed E-state index contributed by atoms with van der Waals surface area (Å²) in [7, 11) is 2.28. The number of hydrogen-bond donors (Lipinski definition) is 1. The van der Waals surface area contributed by atoms with Crippen molar-refractivity contribution in [1.82, 2.24) is 10.2 Å². The van der Waals surface area contributed by atoms with Gasteiger partial charge in [0.05, 0.1) is 6.61 Å². The van der Waals surface area contributed by atoms with Crippen molar-refractivity contribution in [2.75, 3.05) is 33.4 Å². The first-order chi connectivity index (χ1) is 9.64. The Morgan fingerprint density at radius 2 is 1.90 bits per heavy atom. The lowest BCUT2D eigenvalue weighted by molar-refractivity contribution is -0.0308. The molecule has 126 valence electrons. The maximum absolute atomic E-state index is 5.85. The topological polar surface area (TPSA) is 24.5 Å². The third-order valence-corrected chi connectivity index (χ3v) is 4.55. The fourth-order valence-corrected chi connectivity index (χ4v) is 3.23. The minimum absolute atomic E-state index is 0.173. The van der Waals surface area contributed by atoms with Gasteiger partial charge in [-0.25, -0.2) is 0 Å². The van der Waals surface area contributed by atoms with Gasteiger partial charge in [0.2, 0.25) is 0 Å². The van der Waals surface area contributed by atoms with E-state index in [1.54, 1.807) is 0 Å². The first-order valence-corrected chi connectivity index (χ1v) is 8.67. The van der Waals surface area contributed by atoms with Gasteiger partial charge < -0.3 is 15.0 Å². The molecule has 1 heterocycles. The Hall–Kier alpha value is -0.120. The van der Waals surface area contributed by atoms with Crippen LogP contribution in [0.15, 0.2) is 0 Å². The molecule has 0 radical (unpaired) electrons. The van der Waals surface area contributed by atoms with Gasteiger partial charge >= 0.3 is 0 Å². The SMILES string of the molecule is CC(C)CC(C)N(C)CC1(CNC(C)(C)C)CCCOC1. The van der Waals surface area contributed by atoms with Gasteiger partial charge in [-0.2, -0.15) is 0 Å². The zero-order chi connectivity index (χ0) is 16.1. The van der Waals surface area contributed by atoms with Crippen LogP contribution in [0, 0.1) is 11.3 Å². The first-order valence-electron chi connectivity index (χ1n) is 8.67. The summed E-state index contributed by atoms with van der Waals surface area (Å²) >= 11 is 0. The molecule has 1 aliphatic heterocycles. The molecule has 0 saturated carbocycles. The van der Waals surface area contributed by atoms with Crippen LogP contribution in [0.2, 0.25) is 0 Å². The van der Waals surface area contributed by atoms with E-state index in [1.165, 1.54) is 19.3 Å². The Balaban J connectivity index is 2.64. The van der Waals surface area contributed by atoms with E-state index in [1.807, 2.05) is 0 Å². The lowest BCUT2D eigenvalue weighted by atomic mass is 9.80. The molecule has 0 spiro atoms. The molecule has 0 amide bonds. The minimum atomic E-state index is 0.173. The van der Waals surface area contributed by atoms with Crippen LogP contribution in [-0.2, 0) is 4.74 Å². The van der Waals surface area contributed by atoms with Crippen LogP contribution in [0.1, 0.15) is 60.8 Å². The number of ether oxygens (including phenoxy) is 1. The van der Waals surface area contributed by atoms with Crippen LogP contribution < -0.4 is 5.32 Å². The second-order valence-electron chi connectivity index (χ2n) is 8.65. The molecule has 0 aromatic heterocycles. The molecule has 1 saturated heterocycles. The van der Waals surface area contributed by atoms with Crippen molar-refractivity contribution >= 4 is 0 Å². The maximum Gasteiger partial charge on any atom is 0.0546 e. The molecule has 1 N–H and O–H groups in total. The minimum Gasteiger partial charge on any atom is -0.381 e. The second kappa shape index (κ2) is 7.94. The van der Waals surface area contributed by atoms with Crippen LogP contribution in [0.5, 0.6) is 0 Å². The summed E-state index contributed by atoms with van der Waals surface area (Å²) in [6.07, 6.45) is 3.73. The Kier molecular flexibility index (Phi) is 7.15. The molecule has 0 aliphatic carbocycles. The summed E-state index contributed by atoms with van der Waals surface area (Å²) < 4.78 is 5.85. The van der Waals surface area contributed by atoms with Crippen molar-refractivity contribution in [3.63, 3.8) is 0 Å². The molecule has 2 atom stereocenters. The van der Waals surface area contributed by atoms with Gasteiger partial charge in [0.1, 0.15) is 0 Å². The zero-order valence-electron chi connectivity index (χ0n) is 15.5. The van der Waals surface area contributed by atoms with Crippen molar-refractivity contribution in [2.24, 2.45) is 11.3 Å². The lowest BCUT2D eigenvalue weighted by Crippen LogP contribution is -2.53. The van der Waals surface area contributed by atoms with Gasteiger partial charge in [-0.1, -0.05) is 13.8 Å². The second-order valence-corrected chi connectivity index (χ2v) is 8.65. The summed E-state index contributed by atoms with van der Waals surface area (Å²) in [5.41, 5.74) is 0.443. The Bertz CT molecular complexity index is 290. The third-order valence-electron chi connectivity index (χ3n) is 4.55. The quantitative estimate of drug-likeness (QED) is 0.778. The number of rotatable bonds is 7. The normalized spacial score (nSPS) is 25.6. The lowest BCUT2D eigenvalue weighted by Gasteiger charge is -2.43. The standard InChI is InChI=1S/C18H38N2O/c1-15(2)11-16(3)20(7)13-18(9-8-10-21-14-18)12-19-17(4,5)6/h15-16,19H,8-14H2,1-7H3. The molecule has 21 heavy (non-hydrogen) atoms. The summed E-state index contributed by atoms with van der Waals surface area (Å²) in [5, 5.41) is 3.71. The largest absolute Gasteiger partial charge is 0.381 e. The van der Waals surface area contributed by atoms with Crippen LogP contribution in [-0.4, -0.2) is 49.8 Å². The average Bonchev–Trinajstić information content (AvgIpc) is 2.36. The van der Waals surface area contributed by atoms with Gasteiger partial charge in [0, 0.05) is 36.7 Å². The van der Waals surface area contributed by atoms with E-state index < -0.39 is 0 Å². The Morgan fingerprint density at radius 3 is 2.38 bits per heavy atom. The number of hydrogen-bond acceptors (Lipinski definition) is 3. The van der Waals surface area contributed by atoms with E-state index >= 15 is 0 Å². The van der Waals surface area contributed by atoms with Gasteiger partial charge in [-0.05, 0) is 59.9 Å². The molecule has 0 bridgehead atoms. The average molecular weight is 299 g/mol. The van der Waals surface area contributed by atoms with Gasteiger partial charge in [0.25, 0.3) is 0 Å². The van der Waals surface area contributed by atoms with E-state index in [-0.39, 0.29) is 11.0 Å². The van der Waals surface area contributed by atoms with Crippen molar-refractivity contribution in [2.45, 2.75) is 72.4 Å². The van der Waals surface area contributed by atoms with Gasteiger partial charge in [-0.15, -0.1) is 0 Å². The fourth-order valence-electron chi connectivity index (χ4n) is 3.23. The van der Waals surface area contributed by atoms with Crippen LogP contribution in [0.4, 0.5) is 0 Å². The van der Waals surface area contributed by atoms with Gasteiger partial charge in [-0.3, -0.25) is 0 Å². The van der Waals surface area contributed by atoms with Crippen molar-refractivity contribution in [1.29, 1.82) is 0 Å². The highest BCUT2D eigenvalue weighted by atomic mass is 16.5. The fraction of sp³-hybridized carbons (Fsp3) is 1.00. The summed E-state index contributed by atoms with van der Waals surface area (Å²) in [6.45, 7) is 17.7. The number of nitrogens with zero attached hydrogens (tertiary/aromatic N) is 1. The van der Waals surface area contributed by atoms with Crippen molar-refractivity contribution in [3.8, 4) is 0 Å². The molecule has 1 rings (SSSR count). The number of nitrogens with one attached hydrogen (secondary N) is 1. The molecule has 3 nitrogen and oxygen atoms in total. The smallest absolute Gasteiger partial charge is 0.0546 e. The van der Waals surface area contributed by atoms with Crippen LogP contribution in [0.25, 0.3) is 0 Å². The molecular formula is C18H38N2O. The highest BCUT2D eigenvalue weighted by Crippen LogP contribution is 2.30. The highest BCUT2D eigenvalue weighted by molar-refractivity contribution is 4.90. The first kappa shape index (κ1) is 18.9. The molecule has 2 unspecified atom stereocenters. The maximum atomic E-state index is 5.85. The third kappa shape index (κ3) is 7.12. The van der Waals surface area contributed by atoms with Gasteiger partial charge in [0.15, 0.2) is 0 Å². The summed E-state index contributed by atoms with van der Waals surface area (Å²) in [6, 6.07) is 0.637. The van der Waals surface area contributed by atoms with E-state index in [0.29, 0.717) is 6.04 Å². The van der Waals surface area contributed by atoms with Crippen LogP contribution in [0.3, 0.4) is 0 Å². The van der Waals surface area contributed by atoms with Crippen LogP contribution >= 0.6 is 0 Å². The predicted molar refractivity (Wildman–Crippen MR) is 91.8 cm³/mol. The molecule has 1 aliphatic rings. The van der Waals surface area contributed by atoms with E-state index in [2.05, 4.69) is 58.8 Å². The van der Waals surface area contributed by atoms with Crippen molar-refractivity contribution in [3.05, 3.63) is 0 Å². The summed E-state index contributed by atoms with van der Waals surface area (Å²) in [4.78, 5) is 2.54.